The van der Waals surface area contributed by atoms with Crippen molar-refractivity contribution in [2.75, 3.05) is 19.8 Å². The average Bonchev–Trinajstić information content (AvgIpc) is 2.40. The summed E-state index contributed by atoms with van der Waals surface area (Å²) in [6.07, 6.45) is 2.32. The first-order valence-electron chi connectivity index (χ1n) is 6.91. The monoisotopic (exact) mass is 269 g/mol. The first kappa shape index (κ1) is 15.9. The number of benzene rings is 1. The molecule has 0 heterocycles. The molecule has 108 valence electrons. The summed E-state index contributed by atoms with van der Waals surface area (Å²) in [4.78, 5) is 0. The van der Waals surface area contributed by atoms with E-state index >= 15 is 0 Å². The van der Waals surface area contributed by atoms with Crippen molar-refractivity contribution in [3.63, 3.8) is 0 Å². The Morgan fingerprint density at radius 2 is 2.05 bits per heavy atom. The number of ether oxygens (including phenoxy) is 2. The molecule has 1 unspecified atom stereocenters. The lowest BCUT2D eigenvalue weighted by Gasteiger charge is -2.14. The van der Waals surface area contributed by atoms with Crippen molar-refractivity contribution in [3.05, 3.63) is 29.6 Å². The Kier molecular flexibility index (Phi) is 7.45. The zero-order valence-corrected chi connectivity index (χ0v) is 11.8. The minimum absolute atomic E-state index is 0.0348. The van der Waals surface area contributed by atoms with Gasteiger partial charge in [0.25, 0.3) is 0 Å². The standard InChI is InChI=1S/C15H24FNO2/c1-3-14(17)11-12-10-13(16)6-7-15(12)19-9-5-8-18-4-2/h6-7,10,14H,3-5,8-9,11,17H2,1-2H3. The molecule has 0 aliphatic carbocycles. The molecule has 0 aliphatic rings. The largest absolute Gasteiger partial charge is 0.493 e. The highest BCUT2D eigenvalue weighted by atomic mass is 19.1. The van der Waals surface area contributed by atoms with E-state index in [-0.39, 0.29) is 11.9 Å². The summed E-state index contributed by atoms with van der Waals surface area (Å²) in [5, 5.41) is 0. The molecule has 19 heavy (non-hydrogen) atoms. The maximum Gasteiger partial charge on any atom is 0.123 e. The fourth-order valence-corrected chi connectivity index (χ4v) is 1.76. The van der Waals surface area contributed by atoms with E-state index in [4.69, 9.17) is 15.2 Å². The lowest BCUT2D eigenvalue weighted by molar-refractivity contribution is 0.130. The Labute approximate surface area is 114 Å². The highest BCUT2D eigenvalue weighted by Gasteiger charge is 2.09. The summed E-state index contributed by atoms with van der Waals surface area (Å²) in [6.45, 7) is 5.95. The van der Waals surface area contributed by atoms with Crippen LogP contribution in [0.3, 0.4) is 0 Å². The molecular weight excluding hydrogens is 245 g/mol. The molecule has 1 aromatic rings. The zero-order valence-electron chi connectivity index (χ0n) is 11.8. The lowest BCUT2D eigenvalue weighted by Crippen LogP contribution is -2.22. The molecular formula is C15H24FNO2. The van der Waals surface area contributed by atoms with Gasteiger partial charge in [0.2, 0.25) is 0 Å². The van der Waals surface area contributed by atoms with E-state index in [0.29, 0.717) is 26.2 Å². The number of rotatable bonds is 9. The summed E-state index contributed by atoms with van der Waals surface area (Å²) in [5.74, 6) is 0.474. The molecule has 0 aromatic heterocycles. The van der Waals surface area contributed by atoms with E-state index < -0.39 is 0 Å². The second-order valence-electron chi connectivity index (χ2n) is 4.52. The molecule has 0 fully saturated rings. The van der Waals surface area contributed by atoms with Crippen LogP contribution >= 0.6 is 0 Å². The molecule has 0 saturated heterocycles. The second kappa shape index (κ2) is 8.88. The van der Waals surface area contributed by atoms with Crippen LogP contribution in [0.2, 0.25) is 0 Å². The van der Waals surface area contributed by atoms with Gasteiger partial charge in [-0.05, 0) is 43.5 Å². The molecule has 0 aliphatic heterocycles. The van der Waals surface area contributed by atoms with Gasteiger partial charge >= 0.3 is 0 Å². The van der Waals surface area contributed by atoms with Crippen molar-refractivity contribution in [1.29, 1.82) is 0 Å². The van der Waals surface area contributed by atoms with Crippen LogP contribution in [-0.4, -0.2) is 25.9 Å². The third kappa shape index (κ3) is 6.03. The Hall–Kier alpha value is -1.13. The van der Waals surface area contributed by atoms with Crippen LogP contribution < -0.4 is 10.5 Å². The van der Waals surface area contributed by atoms with Gasteiger partial charge < -0.3 is 15.2 Å². The minimum Gasteiger partial charge on any atom is -0.493 e. The van der Waals surface area contributed by atoms with Gasteiger partial charge in [0.15, 0.2) is 0 Å². The van der Waals surface area contributed by atoms with Crippen LogP contribution in [0.5, 0.6) is 5.75 Å². The van der Waals surface area contributed by atoms with Crippen LogP contribution in [-0.2, 0) is 11.2 Å². The van der Waals surface area contributed by atoms with Crippen molar-refractivity contribution < 1.29 is 13.9 Å². The predicted molar refractivity (Wildman–Crippen MR) is 75.0 cm³/mol. The molecule has 2 N–H and O–H groups in total. The van der Waals surface area contributed by atoms with Crippen LogP contribution in [0.1, 0.15) is 32.3 Å². The summed E-state index contributed by atoms with van der Waals surface area (Å²) < 4.78 is 24.2. The summed E-state index contributed by atoms with van der Waals surface area (Å²) in [5.41, 5.74) is 6.76. The fourth-order valence-electron chi connectivity index (χ4n) is 1.76. The zero-order chi connectivity index (χ0) is 14.1. The molecule has 1 atom stereocenters. The number of halogens is 1. The fraction of sp³-hybridized carbons (Fsp3) is 0.600. The summed E-state index contributed by atoms with van der Waals surface area (Å²) in [7, 11) is 0. The Balaban J connectivity index is 2.55. The van der Waals surface area contributed by atoms with E-state index in [1.54, 1.807) is 6.07 Å². The maximum absolute atomic E-state index is 13.3. The van der Waals surface area contributed by atoms with Crippen molar-refractivity contribution in [2.24, 2.45) is 5.73 Å². The molecule has 4 heteroatoms. The minimum atomic E-state index is -0.250. The summed E-state index contributed by atoms with van der Waals surface area (Å²) >= 11 is 0. The summed E-state index contributed by atoms with van der Waals surface area (Å²) in [6, 6.07) is 4.63. The molecule has 0 bridgehead atoms. The maximum atomic E-state index is 13.3. The van der Waals surface area contributed by atoms with Gasteiger partial charge in [-0.2, -0.15) is 0 Å². The van der Waals surface area contributed by atoms with Gasteiger partial charge in [-0.3, -0.25) is 0 Å². The van der Waals surface area contributed by atoms with Gasteiger partial charge in [-0.1, -0.05) is 6.92 Å². The van der Waals surface area contributed by atoms with Crippen LogP contribution in [0, 0.1) is 5.82 Å². The molecule has 0 amide bonds. The van der Waals surface area contributed by atoms with Gasteiger partial charge in [0.1, 0.15) is 11.6 Å². The van der Waals surface area contributed by atoms with Gasteiger partial charge in [-0.25, -0.2) is 4.39 Å². The molecule has 0 saturated carbocycles. The number of hydrogen-bond donors (Lipinski definition) is 1. The highest BCUT2D eigenvalue weighted by Crippen LogP contribution is 2.21. The molecule has 1 aromatic carbocycles. The van der Waals surface area contributed by atoms with Crippen LogP contribution in [0.25, 0.3) is 0 Å². The van der Waals surface area contributed by atoms with Crippen molar-refractivity contribution in [2.45, 2.75) is 39.2 Å². The Bertz CT molecular complexity index is 371. The van der Waals surface area contributed by atoms with Crippen molar-refractivity contribution >= 4 is 0 Å². The quantitative estimate of drug-likeness (QED) is 0.701. The smallest absolute Gasteiger partial charge is 0.123 e. The first-order chi connectivity index (χ1) is 9.17. The van der Waals surface area contributed by atoms with Crippen molar-refractivity contribution in [1.82, 2.24) is 0 Å². The third-order valence-electron chi connectivity index (χ3n) is 2.92. The second-order valence-corrected chi connectivity index (χ2v) is 4.52. The van der Waals surface area contributed by atoms with E-state index in [9.17, 15) is 4.39 Å². The van der Waals surface area contributed by atoms with E-state index in [0.717, 1.165) is 24.2 Å². The van der Waals surface area contributed by atoms with Crippen LogP contribution in [0.15, 0.2) is 18.2 Å². The number of hydrogen-bond acceptors (Lipinski definition) is 3. The number of nitrogens with two attached hydrogens (primary N) is 1. The molecule has 0 spiro atoms. The van der Waals surface area contributed by atoms with Crippen LogP contribution in [0.4, 0.5) is 4.39 Å². The average molecular weight is 269 g/mol. The topological polar surface area (TPSA) is 44.5 Å². The van der Waals surface area contributed by atoms with Gasteiger partial charge in [0.05, 0.1) is 6.61 Å². The first-order valence-corrected chi connectivity index (χ1v) is 6.91. The van der Waals surface area contributed by atoms with E-state index in [1.165, 1.54) is 12.1 Å². The van der Waals surface area contributed by atoms with E-state index in [2.05, 4.69) is 0 Å². The highest BCUT2D eigenvalue weighted by molar-refractivity contribution is 5.34. The molecule has 3 nitrogen and oxygen atoms in total. The Morgan fingerprint density at radius 1 is 1.26 bits per heavy atom. The third-order valence-corrected chi connectivity index (χ3v) is 2.92. The SMILES string of the molecule is CCOCCCOc1ccc(F)cc1CC(N)CC. The van der Waals surface area contributed by atoms with Gasteiger partial charge in [0, 0.05) is 25.7 Å². The Morgan fingerprint density at radius 3 is 2.74 bits per heavy atom. The predicted octanol–water partition coefficient (Wildman–Crippen LogP) is 2.91. The normalized spacial score (nSPS) is 12.4. The lowest BCUT2D eigenvalue weighted by atomic mass is 10.0. The molecule has 0 radical (unpaired) electrons. The van der Waals surface area contributed by atoms with E-state index in [1.807, 2.05) is 13.8 Å². The van der Waals surface area contributed by atoms with Gasteiger partial charge in [-0.15, -0.1) is 0 Å². The molecule has 1 rings (SSSR count). The van der Waals surface area contributed by atoms with Crippen molar-refractivity contribution in [3.8, 4) is 5.75 Å².